The molecule has 2 heterocycles. The molecule has 1 N–H and O–H groups in total. The van der Waals surface area contributed by atoms with Gasteiger partial charge in [-0.2, -0.15) is 13.0 Å². The molecule has 0 saturated heterocycles. The monoisotopic (exact) mass is 634 g/mol. The quantitative estimate of drug-likeness (QED) is 0.245. The fraction of sp³-hybridized carbons (Fsp3) is 0.150. The second-order valence-electron chi connectivity index (χ2n) is 7.50. The van der Waals surface area contributed by atoms with Gasteiger partial charge in [-0.1, -0.05) is 52.2 Å². The number of anilines is 2. The topological polar surface area (TPSA) is 122 Å². The third kappa shape index (κ3) is 6.83. The van der Waals surface area contributed by atoms with E-state index in [1.54, 1.807) is 54.4 Å². The molecule has 0 fully saturated rings. The molecule has 1 aromatic heterocycles. The van der Waals surface area contributed by atoms with E-state index in [0.29, 0.717) is 37.4 Å². The molecular formula is C20H16Cl3KN3O6S3+. The number of aromatic nitrogens is 1. The molecular weight excluding hydrogens is 620 g/mol. The fourth-order valence-corrected chi connectivity index (χ4v) is 6.46. The maximum absolute atomic E-state index is 11.7. The van der Waals surface area contributed by atoms with E-state index >= 15 is 0 Å². The molecule has 36 heavy (non-hydrogen) atoms. The first kappa shape index (κ1) is 30.3. The average Bonchev–Trinajstić information content (AvgIpc) is 3.16. The summed E-state index contributed by atoms with van der Waals surface area (Å²) >= 11 is 19.5. The predicted octanol–water partition coefficient (Wildman–Crippen LogP) is 1.31. The summed E-state index contributed by atoms with van der Waals surface area (Å²) in [6, 6.07) is 8.00. The first-order valence-electron chi connectivity index (χ1n) is 9.63. The standard InChI is InChI=1S/C20H16Cl3N3O6S3.K/c1-24-15-8-13(22)14(23)9-16(15)25(10-34(27,28)29)19(24)3-2-4-20-26(11-35(30,31)32)17-7-12(21)5-6-18(17)33-20;/h2-9H,10-11H2,1H3,(H-,27,28,29,30,31,32);/q;+1. The summed E-state index contributed by atoms with van der Waals surface area (Å²) in [6.45, 7) is 0. The van der Waals surface area contributed by atoms with E-state index in [2.05, 4.69) is 0 Å². The largest absolute Gasteiger partial charge is 1.00 e. The van der Waals surface area contributed by atoms with Crippen molar-refractivity contribution in [1.29, 1.82) is 0 Å². The second-order valence-corrected chi connectivity index (χ2v) is 12.6. The van der Waals surface area contributed by atoms with Gasteiger partial charge in [0.15, 0.2) is 16.0 Å². The van der Waals surface area contributed by atoms with Crippen LogP contribution in [-0.2, 0) is 26.1 Å². The van der Waals surface area contributed by atoms with Gasteiger partial charge in [-0.3, -0.25) is 4.55 Å². The third-order valence-corrected chi connectivity index (χ3v) is 8.29. The van der Waals surface area contributed by atoms with Crippen molar-refractivity contribution < 1.29 is 81.9 Å². The number of hydrogen-bond acceptors (Lipinski definition) is 8. The van der Waals surface area contributed by atoms with E-state index in [1.165, 1.54) is 26.9 Å². The van der Waals surface area contributed by atoms with Crippen LogP contribution in [0.25, 0.3) is 16.3 Å². The average molecular weight is 636 g/mol. The van der Waals surface area contributed by atoms with Crippen LogP contribution in [0.15, 0.2) is 48.3 Å². The minimum atomic E-state index is -4.61. The number of benzene rings is 2. The normalized spacial score (nSPS) is 15.2. The van der Waals surface area contributed by atoms with E-state index < -0.39 is 32.0 Å². The van der Waals surface area contributed by atoms with Gasteiger partial charge in [0.05, 0.1) is 21.4 Å². The molecule has 9 nitrogen and oxygen atoms in total. The van der Waals surface area contributed by atoms with Gasteiger partial charge in [-0.25, -0.2) is 8.42 Å². The molecule has 0 saturated carbocycles. The smallest absolute Gasteiger partial charge is 0.743 e. The summed E-state index contributed by atoms with van der Waals surface area (Å²) in [4.78, 5) is 3.01. The summed E-state index contributed by atoms with van der Waals surface area (Å²) in [5.74, 6) is -1.15. The Morgan fingerprint density at radius 1 is 1.08 bits per heavy atom. The summed E-state index contributed by atoms with van der Waals surface area (Å²) in [5.41, 5.74) is 1.46. The number of thiazole rings is 1. The molecule has 0 spiro atoms. The van der Waals surface area contributed by atoms with Gasteiger partial charge in [-0.15, -0.1) is 0 Å². The van der Waals surface area contributed by atoms with E-state index in [0.717, 1.165) is 0 Å². The Bertz CT molecular complexity index is 1620. The van der Waals surface area contributed by atoms with Crippen molar-refractivity contribution in [3.8, 4) is 0 Å². The molecule has 0 unspecified atom stereocenters. The molecule has 0 aliphatic carbocycles. The number of halogens is 3. The van der Waals surface area contributed by atoms with Crippen LogP contribution >= 0.6 is 46.1 Å². The molecule has 1 aliphatic heterocycles. The Labute approximate surface area is 269 Å². The van der Waals surface area contributed by atoms with E-state index in [-0.39, 0.29) is 61.4 Å². The minimum Gasteiger partial charge on any atom is -0.743 e. The van der Waals surface area contributed by atoms with E-state index in [9.17, 15) is 25.9 Å². The van der Waals surface area contributed by atoms with Crippen LogP contribution in [0.4, 0.5) is 11.4 Å². The van der Waals surface area contributed by atoms with Crippen LogP contribution < -0.4 is 65.8 Å². The van der Waals surface area contributed by atoms with Crippen molar-refractivity contribution in [3.05, 3.63) is 68.4 Å². The maximum atomic E-state index is 11.7. The zero-order chi connectivity index (χ0) is 25.7. The van der Waals surface area contributed by atoms with Gasteiger partial charge >= 0.3 is 51.4 Å². The molecule has 0 radical (unpaired) electrons. The molecule has 186 valence electrons. The van der Waals surface area contributed by atoms with Crippen molar-refractivity contribution in [2.24, 2.45) is 0 Å². The Hall–Kier alpha value is -0.264. The van der Waals surface area contributed by atoms with Gasteiger partial charge < -0.3 is 14.4 Å². The molecule has 3 aromatic rings. The van der Waals surface area contributed by atoms with Crippen molar-refractivity contribution in [3.63, 3.8) is 0 Å². The van der Waals surface area contributed by atoms with Crippen LogP contribution in [-0.4, -0.2) is 38.9 Å². The zero-order valence-corrected chi connectivity index (χ0v) is 26.6. The first-order chi connectivity index (χ1) is 16.2. The van der Waals surface area contributed by atoms with Crippen molar-refractivity contribution >= 4 is 94.0 Å². The molecule has 1 aliphatic rings. The number of nitrogens with zero attached hydrogens (tertiary/aromatic N) is 3. The summed E-state index contributed by atoms with van der Waals surface area (Å²) < 4.78 is 69.4. The van der Waals surface area contributed by atoms with Gasteiger partial charge in [0.25, 0.3) is 15.1 Å². The molecule has 0 bridgehead atoms. The van der Waals surface area contributed by atoms with Crippen LogP contribution in [0.3, 0.4) is 0 Å². The van der Waals surface area contributed by atoms with Gasteiger partial charge in [-0.05, 0) is 30.3 Å². The Balaban J connectivity index is 0.00000361. The maximum Gasteiger partial charge on any atom is 1.00 e. The molecule has 0 atom stereocenters. The number of fused-ring (bicyclic) bond motifs is 2. The van der Waals surface area contributed by atoms with Crippen LogP contribution in [0, 0.1) is 0 Å². The minimum absolute atomic E-state index is 0. The van der Waals surface area contributed by atoms with Crippen LogP contribution in [0.1, 0.15) is 5.01 Å². The van der Waals surface area contributed by atoms with E-state index in [4.69, 9.17) is 34.8 Å². The predicted molar refractivity (Wildman–Crippen MR) is 138 cm³/mol. The second kappa shape index (κ2) is 11.5. The summed E-state index contributed by atoms with van der Waals surface area (Å²) in [6.07, 6.45) is 4.72. The molecule has 2 aromatic carbocycles. The molecule has 16 heteroatoms. The molecule has 4 rings (SSSR count). The number of allylic oxidation sites excluding steroid dienone is 2. The number of hydrogen-bond donors (Lipinski definition) is 1. The van der Waals surface area contributed by atoms with Crippen LogP contribution in [0.5, 0.6) is 0 Å². The fourth-order valence-electron chi connectivity index (χ4n) is 3.65. The van der Waals surface area contributed by atoms with Gasteiger partial charge in [0.2, 0.25) is 11.4 Å². The van der Waals surface area contributed by atoms with Crippen molar-refractivity contribution in [2.45, 2.75) is 5.88 Å². The Morgan fingerprint density at radius 3 is 2.33 bits per heavy atom. The van der Waals surface area contributed by atoms with Gasteiger partial charge in [0, 0.05) is 24.2 Å². The number of rotatable bonds is 6. The SMILES string of the molecule is CN1/C(=C\C=C\c2sc3ccc(Cl)cc3[n+]2CS(=O)(=O)[O-])N(CS(=O)(=O)O)c2cc(Cl)c(Cl)cc21.[K+]. The summed E-state index contributed by atoms with van der Waals surface area (Å²) in [7, 11) is -7.34. The van der Waals surface area contributed by atoms with Crippen LogP contribution in [0.2, 0.25) is 15.1 Å². The van der Waals surface area contributed by atoms with Crippen molar-refractivity contribution in [2.75, 3.05) is 22.7 Å². The van der Waals surface area contributed by atoms with Crippen molar-refractivity contribution in [1.82, 2.24) is 0 Å². The summed E-state index contributed by atoms with van der Waals surface area (Å²) in [5, 5.41) is 1.31. The third-order valence-electron chi connectivity index (χ3n) is 5.05. The Morgan fingerprint density at radius 2 is 1.72 bits per heavy atom. The zero-order valence-electron chi connectivity index (χ0n) is 18.7. The molecule has 0 amide bonds. The first-order valence-corrected chi connectivity index (χ1v) is 14.8. The van der Waals surface area contributed by atoms with E-state index in [1.807, 2.05) is 0 Å². The van der Waals surface area contributed by atoms with Gasteiger partial charge in [0.1, 0.15) is 10.5 Å². The Kier molecular flexibility index (Phi) is 9.64.